The molecule has 2 amide bonds. The quantitative estimate of drug-likeness (QED) is 0.764. The highest BCUT2D eigenvalue weighted by atomic mass is 19.1. The fourth-order valence-electron chi connectivity index (χ4n) is 2.26. The molecule has 2 atom stereocenters. The summed E-state index contributed by atoms with van der Waals surface area (Å²) in [5.41, 5.74) is 6.54. The van der Waals surface area contributed by atoms with E-state index in [1.807, 2.05) is 0 Å². The van der Waals surface area contributed by atoms with Crippen molar-refractivity contribution in [1.29, 1.82) is 0 Å². The Hall–Kier alpha value is -1.79. The molecule has 0 saturated carbocycles. The smallest absolute Gasteiger partial charge is 0.243 e. The number of nitrogens with two attached hydrogens (primary N) is 1. The van der Waals surface area contributed by atoms with E-state index in [-0.39, 0.29) is 36.8 Å². The lowest BCUT2D eigenvalue weighted by molar-refractivity contribution is -0.140. The van der Waals surface area contributed by atoms with E-state index in [1.54, 1.807) is 24.0 Å². The van der Waals surface area contributed by atoms with Crippen molar-refractivity contribution >= 4 is 11.8 Å². The fourth-order valence-corrected chi connectivity index (χ4v) is 2.26. The largest absolute Gasteiger partial charge is 0.329 e. The third-order valence-corrected chi connectivity index (χ3v) is 3.34. The minimum Gasteiger partial charge on any atom is -0.329 e. The van der Waals surface area contributed by atoms with Crippen LogP contribution >= 0.6 is 0 Å². The number of nitrogens with zero attached hydrogens (tertiary/aromatic N) is 1. The van der Waals surface area contributed by atoms with E-state index in [0.717, 1.165) is 5.56 Å². The Morgan fingerprint density at radius 3 is 2.63 bits per heavy atom. The summed E-state index contributed by atoms with van der Waals surface area (Å²) in [4.78, 5) is 24.8. The molecule has 0 bridgehead atoms. The van der Waals surface area contributed by atoms with E-state index in [4.69, 9.17) is 5.73 Å². The molecule has 0 aliphatic carbocycles. The third kappa shape index (κ3) is 2.80. The summed E-state index contributed by atoms with van der Waals surface area (Å²) < 4.78 is 12.9. The van der Waals surface area contributed by atoms with Crippen molar-refractivity contribution in [3.63, 3.8) is 0 Å². The monoisotopic (exact) mass is 265 g/mol. The molecular weight excluding hydrogens is 249 g/mol. The highest BCUT2D eigenvalue weighted by molar-refractivity contribution is 6.00. The molecule has 6 heteroatoms. The second-order valence-corrected chi connectivity index (χ2v) is 4.56. The molecule has 102 valence electrons. The van der Waals surface area contributed by atoms with E-state index < -0.39 is 6.04 Å². The van der Waals surface area contributed by atoms with Crippen LogP contribution in [0.25, 0.3) is 0 Å². The number of halogens is 1. The van der Waals surface area contributed by atoms with Crippen LogP contribution in [0, 0.1) is 5.82 Å². The van der Waals surface area contributed by atoms with Crippen molar-refractivity contribution in [2.45, 2.75) is 19.0 Å². The van der Waals surface area contributed by atoms with Gasteiger partial charge in [0.2, 0.25) is 11.8 Å². The summed E-state index contributed by atoms with van der Waals surface area (Å²) in [6.45, 7) is 2.07. The number of hydrogen-bond donors (Lipinski definition) is 2. The molecule has 1 aromatic carbocycles. The molecule has 0 spiro atoms. The highest BCUT2D eigenvalue weighted by Gasteiger charge is 2.34. The molecule has 1 aliphatic heterocycles. The SMILES string of the molecule is CC1C(=O)NC(=O)CN1C(CN)c1ccc(F)cc1. The van der Waals surface area contributed by atoms with Crippen LogP contribution in [-0.4, -0.2) is 35.8 Å². The van der Waals surface area contributed by atoms with Crippen molar-refractivity contribution in [2.24, 2.45) is 5.73 Å². The van der Waals surface area contributed by atoms with Crippen LogP contribution in [0.1, 0.15) is 18.5 Å². The van der Waals surface area contributed by atoms with Crippen LogP contribution in [0.15, 0.2) is 24.3 Å². The van der Waals surface area contributed by atoms with Crippen molar-refractivity contribution in [1.82, 2.24) is 10.2 Å². The number of piperazine rings is 1. The minimum atomic E-state index is -0.448. The van der Waals surface area contributed by atoms with E-state index in [2.05, 4.69) is 5.32 Å². The summed E-state index contributed by atoms with van der Waals surface area (Å²) in [5.74, 6) is -1.01. The molecule has 3 N–H and O–H groups in total. The zero-order valence-corrected chi connectivity index (χ0v) is 10.6. The van der Waals surface area contributed by atoms with Gasteiger partial charge in [0.05, 0.1) is 12.6 Å². The first kappa shape index (κ1) is 13.6. The number of benzene rings is 1. The molecule has 0 radical (unpaired) electrons. The number of rotatable bonds is 3. The summed E-state index contributed by atoms with van der Waals surface area (Å²) in [5, 5.41) is 2.28. The maximum atomic E-state index is 12.9. The maximum absolute atomic E-state index is 12.9. The van der Waals surface area contributed by atoms with Gasteiger partial charge < -0.3 is 5.73 Å². The van der Waals surface area contributed by atoms with E-state index in [1.165, 1.54) is 12.1 Å². The van der Waals surface area contributed by atoms with Crippen LogP contribution in [-0.2, 0) is 9.59 Å². The van der Waals surface area contributed by atoms with Gasteiger partial charge in [-0.15, -0.1) is 0 Å². The van der Waals surface area contributed by atoms with Gasteiger partial charge in [0.15, 0.2) is 0 Å². The Labute approximate surface area is 110 Å². The molecule has 1 saturated heterocycles. The normalized spacial score (nSPS) is 22.2. The third-order valence-electron chi connectivity index (χ3n) is 3.34. The Bertz CT molecular complexity index is 489. The zero-order chi connectivity index (χ0) is 14.0. The number of carbonyl (C=O) groups excluding carboxylic acids is 2. The van der Waals surface area contributed by atoms with Gasteiger partial charge in [-0.05, 0) is 24.6 Å². The van der Waals surface area contributed by atoms with Crippen LogP contribution in [0.3, 0.4) is 0 Å². The first-order chi connectivity index (χ1) is 9.02. The van der Waals surface area contributed by atoms with Gasteiger partial charge in [-0.1, -0.05) is 12.1 Å². The zero-order valence-electron chi connectivity index (χ0n) is 10.6. The van der Waals surface area contributed by atoms with Crippen LogP contribution in [0.5, 0.6) is 0 Å². The Balaban J connectivity index is 2.27. The van der Waals surface area contributed by atoms with Crippen LogP contribution in [0.4, 0.5) is 4.39 Å². The summed E-state index contributed by atoms with van der Waals surface area (Å²) in [6.07, 6.45) is 0. The van der Waals surface area contributed by atoms with Crippen molar-refractivity contribution in [2.75, 3.05) is 13.1 Å². The Kier molecular flexibility index (Phi) is 3.92. The summed E-state index contributed by atoms with van der Waals surface area (Å²) in [7, 11) is 0. The molecule has 1 heterocycles. The van der Waals surface area contributed by atoms with E-state index >= 15 is 0 Å². The summed E-state index contributed by atoms with van der Waals surface area (Å²) in [6, 6.07) is 5.19. The lowest BCUT2D eigenvalue weighted by Gasteiger charge is -2.37. The van der Waals surface area contributed by atoms with E-state index in [0.29, 0.717) is 0 Å². The van der Waals surface area contributed by atoms with Gasteiger partial charge in [0.25, 0.3) is 0 Å². The minimum absolute atomic E-state index is 0.103. The van der Waals surface area contributed by atoms with Gasteiger partial charge in [0.1, 0.15) is 5.82 Å². The second kappa shape index (κ2) is 5.46. The maximum Gasteiger partial charge on any atom is 0.243 e. The Morgan fingerprint density at radius 2 is 2.05 bits per heavy atom. The van der Waals surface area contributed by atoms with Crippen molar-refractivity contribution < 1.29 is 14.0 Å². The molecule has 5 nitrogen and oxygen atoms in total. The van der Waals surface area contributed by atoms with Crippen LogP contribution < -0.4 is 11.1 Å². The number of hydrogen-bond acceptors (Lipinski definition) is 4. The van der Waals surface area contributed by atoms with Crippen LogP contribution in [0.2, 0.25) is 0 Å². The number of amides is 2. The predicted molar refractivity (Wildman–Crippen MR) is 67.5 cm³/mol. The predicted octanol–water partition coefficient (Wildman–Crippen LogP) is 0.172. The first-order valence-corrected chi connectivity index (χ1v) is 6.08. The molecule has 0 aromatic heterocycles. The molecule has 2 rings (SSSR count). The number of nitrogens with one attached hydrogen (secondary N) is 1. The average molecular weight is 265 g/mol. The first-order valence-electron chi connectivity index (χ1n) is 6.08. The molecular formula is C13H16FN3O2. The van der Waals surface area contributed by atoms with Gasteiger partial charge in [-0.25, -0.2) is 4.39 Å². The van der Waals surface area contributed by atoms with E-state index in [9.17, 15) is 14.0 Å². The van der Waals surface area contributed by atoms with Gasteiger partial charge in [-0.3, -0.25) is 19.8 Å². The number of imide groups is 1. The van der Waals surface area contributed by atoms with Crippen molar-refractivity contribution in [3.8, 4) is 0 Å². The average Bonchev–Trinajstić information content (AvgIpc) is 2.38. The molecule has 2 unspecified atom stereocenters. The van der Waals surface area contributed by atoms with Gasteiger partial charge >= 0.3 is 0 Å². The summed E-state index contributed by atoms with van der Waals surface area (Å²) >= 11 is 0. The van der Waals surface area contributed by atoms with Gasteiger partial charge in [0, 0.05) is 12.6 Å². The van der Waals surface area contributed by atoms with Gasteiger partial charge in [-0.2, -0.15) is 0 Å². The Morgan fingerprint density at radius 1 is 1.42 bits per heavy atom. The fraction of sp³-hybridized carbons (Fsp3) is 0.385. The number of carbonyl (C=O) groups is 2. The topological polar surface area (TPSA) is 75.4 Å². The lowest BCUT2D eigenvalue weighted by atomic mass is 10.0. The molecule has 19 heavy (non-hydrogen) atoms. The standard InChI is InChI=1S/C13H16FN3O2/c1-8-13(19)16-12(18)7-17(8)11(6-15)9-2-4-10(14)5-3-9/h2-5,8,11H,6-7,15H2,1H3,(H,16,18,19). The lowest BCUT2D eigenvalue weighted by Crippen LogP contribution is -2.58. The molecule has 1 aromatic rings. The van der Waals surface area contributed by atoms with Crippen molar-refractivity contribution in [3.05, 3.63) is 35.6 Å². The molecule has 1 aliphatic rings. The second-order valence-electron chi connectivity index (χ2n) is 4.56. The molecule has 1 fully saturated rings. The highest BCUT2D eigenvalue weighted by Crippen LogP contribution is 2.23.